The van der Waals surface area contributed by atoms with Gasteiger partial charge in [-0.1, -0.05) is 12.8 Å². The highest BCUT2D eigenvalue weighted by atomic mass is 31.2. The van der Waals surface area contributed by atoms with Crippen molar-refractivity contribution in [3.05, 3.63) is 12.2 Å². The van der Waals surface area contributed by atoms with Gasteiger partial charge in [0.2, 0.25) is 5.91 Å². The van der Waals surface area contributed by atoms with Crippen molar-refractivity contribution in [1.29, 1.82) is 0 Å². The van der Waals surface area contributed by atoms with Crippen molar-refractivity contribution in [1.82, 2.24) is 10.2 Å². The summed E-state index contributed by atoms with van der Waals surface area (Å²) in [6, 6.07) is 0. The maximum Gasteiger partial charge on any atom is 0.253 e. The average Bonchev–Trinajstić information content (AvgIpc) is 2.77. The Bertz CT molecular complexity index is 495. The topological polar surface area (TPSA) is 116 Å². The van der Waals surface area contributed by atoms with Crippen LogP contribution >= 0.6 is 7.60 Å². The van der Waals surface area contributed by atoms with Crippen LogP contribution in [0.15, 0.2) is 12.2 Å². The Morgan fingerprint density at radius 1 is 1.22 bits per heavy atom. The van der Waals surface area contributed by atoms with Crippen LogP contribution in [0.25, 0.3) is 0 Å². The standard InChI is InChI=1S/C14H23N2O6P/c1-23(20,21)22-11-5-3-2-4-9-15-12(17)8-10-16-13(18)6-7-14(16)19/h6-7H,2-5,8-11H2,1H3,(H,15,17)(H,20,21)/p-1. The lowest BCUT2D eigenvalue weighted by Gasteiger charge is -2.17. The number of hydrogen-bond acceptors (Lipinski definition) is 6. The normalized spacial score (nSPS) is 16.7. The molecule has 1 unspecified atom stereocenters. The summed E-state index contributed by atoms with van der Waals surface area (Å²) in [5.41, 5.74) is 0. The van der Waals surface area contributed by atoms with E-state index in [1.165, 1.54) is 12.2 Å². The van der Waals surface area contributed by atoms with Crippen molar-refractivity contribution in [3.8, 4) is 0 Å². The second-order valence-electron chi connectivity index (χ2n) is 5.28. The summed E-state index contributed by atoms with van der Waals surface area (Å²) in [7, 11) is -3.63. The van der Waals surface area contributed by atoms with Crippen LogP contribution in [0, 0.1) is 0 Å². The third-order valence-corrected chi connectivity index (χ3v) is 3.83. The van der Waals surface area contributed by atoms with Crippen LogP contribution in [0.3, 0.4) is 0 Å². The minimum absolute atomic E-state index is 0.0834. The minimum atomic E-state index is -3.63. The average molecular weight is 345 g/mol. The van der Waals surface area contributed by atoms with Crippen molar-refractivity contribution in [2.75, 3.05) is 26.4 Å². The molecule has 1 heterocycles. The number of imide groups is 1. The molecule has 0 spiro atoms. The van der Waals surface area contributed by atoms with E-state index in [0.29, 0.717) is 13.0 Å². The predicted octanol–water partition coefficient (Wildman–Crippen LogP) is 0.178. The summed E-state index contributed by atoms with van der Waals surface area (Å²) in [4.78, 5) is 45.9. The largest absolute Gasteiger partial charge is 0.779 e. The quantitative estimate of drug-likeness (QED) is 0.324. The molecule has 1 N–H and O–H groups in total. The Morgan fingerprint density at radius 2 is 1.83 bits per heavy atom. The number of nitrogens with one attached hydrogen (secondary N) is 1. The van der Waals surface area contributed by atoms with Crippen molar-refractivity contribution in [3.63, 3.8) is 0 Å². The summed E-state index contributed by atoms with van der Waals surface area (Å²) in [5.74, 6) is -0.987. The zero-order valence-electron chi connectivity index (χ0n) is 13.2. The highest BCUT2D eigenvalue weighted by Gasteiger charge is 2.23. The van der Waals surface area contributed by atoms with Gasteiger partial charge in [0.05, 0.1) is 6.61 Å². The molecule has 0 saturated heterocycles. The van der Waals surface area contributed by atoms with Gasteiger partial charge in [0.25, 0.3) is 11.8 Å². The molecule has 0 aliphatic carbocycles. The van der Waals surface area contributed by atoms with Crippen molar-refractivity contribution >= 4 is 25.3 Å². The van der Waals surface area contributed by atoms with Gasteiger partial charge in [0.1, 0.15) is 7.60 Å². The molecule has 8 nitrogen and oxygen atoms in total. The summed E-state index contributed by atoms with van der Waals surface area (Å²) >= 11 is 0. The predicted molar refractivity (Wildman–Crippen MR) is 81.4 cm³/mol. The van der Waals surface area contributed by atoms with Crippen LogP contribution in [-0.4, -0.2) is 49.0 Å². The molecule has 0 aromatic heterocycles. The van der Waals surface area contributed by atoms with E-state index in [0.717, 1.165) is 30.8 Å². The van der Waals surface area contributed by atoms with E-state index in [2.05, 4.69) is 9.84 Å². The van der Waals surface area contributed by atoms with Gasteiger partial charge in [-0.05, 0) is 12.8 Å². The van der Waals surface area contributed by atoms with Crippen LogP contribution in [0.5, 0.6) is 0 Å². The molecule has 1 aliphatic rings. The molecular weight excluding hydrogens is 323 g/mol. The number of carbonyl (C=O) groups excluding carboxylic acids is 3. The minimum Gasteiger partial charge on any atom is -0.779 e. The first-order valence-electron chi connectivity index (χ1n) is 7.53. The van der Waals surface area contributed by atoms with Gasteiger partial charge in [-0.25, -0.2) is 0 Å². The van der Waals surface area contributed by atoms with E-state index in [9.17, 15) is 23.8 Å². The Kier molecular flexibility index (Phi) is 8.16. The van der Waals surface area contributed by atoms with Gasteiger partial charge in [0, 0.05) is 38.3 Å². The lowest BCUT2D eigenvalue weighted by molar-refractivity contribution is -0.196. The molecule has 3 amide bonds. The fourth-order valence-electron chi connectivity index (χ4n) is 1.99. The number of hydrogen-bond donors (Lipinski definition) is 1. The number of amides is 3. The lowest BCUT2D eigenvalue weighted by atomic mass is 10.2. The number of rotatable bonds is 11. The molecule has 1 rings (SSSR count). The Balaban J connectivity index is 1.97. The zero-order chi connectivity index (χ0) is 17.3. The third kappa shape index (κ3) is 8.64. The van der Waals surface area contributed by atoms with E-state index in [1.807, 2.05) is 0 Å². The van der Waals surface area contributed by atoms with Gasteiger partial charge in [-0.15, -0.1) is 0 Å². The number of carbonyl (C=O) groups is 3. The monoisotopic (exact) mass is 345 g/mol. The highest BCUT2D eigenvalue weighted by molar-refractivity contribution is 7.50. The zero-order valence-corrected chi connectivity index (χ0v) is 14.0. The molecule has 1 atom stereocenters. The first-order valence-corrected chi connectivity index (χ1v) is 9.52. The van der Waals surface area contributed by atoms with Gasteiger partial charge in [-0.2, -0.15) is 0 Å². The van der Waals surface area contributed by atoms with Gasteiger partial charge < -0.3 is 19.3 Å². The maximum atomic E-state index is 11.6. The Labute approximate surface area is 135 Å². The van der Waals surface area contributed by atoms with Gasteiger partial charge in [0.15, 0.2) is 0 Å². The molecule has 23 heavy (non-hydrogen) atoms. The third-order valence-electron chi connectivity index (χ3n) is 3.18. The molecule has 9 heteroatoms. The van der Waals surface area contributed by atoms with Crippen LogP contribution in [0.4, 0.5) is 0 Å². The summed E-state index contributed by atoms with van der Waals surface area (Å²) in [5, 5.41) is 2.72. The fourth-order valence-corrected chi connectivity index (χ4v) is 2.45. The second kappa shape index (κ2) is 9.60. The van der Waals surface area contributed by atoms with E-state index < -0.39 is 7.60 Å². The lowest BCUT2D eigenvalue weighted by Crippen LogP contribution is -2.34. The molecule has 0 fully saturated rings. The van der Waals surface area contributed by atoms with E-state index in [1.54, 1.807) is 0 Å². The smallest absolute Gasteiger partial charge is 0.253 e. The van der Waals surface area contributed by atoms with E-state index >= 15 is 0 Å². The van der Waals surface area contributed by atoms with Crippen molar-refractivity contribution in [2.45, 2.75) is 32.1 Å². The molecule has 130 valence electrons. The molecule has 0 aromatic carbocycles. The van der Waals surface area contributed by atoms with Crippen LogP contribution < -0.4 is 10.2 Å². The molecule has 0 saturated carbocycles. The maximum absolute atomic E-state index is 11.6. The first-order chi connectivity index (χ1) is 10.8. The second-order valence-corrected chi connectivity index (χ2v) is 7.08. The van der Waals surface area contributed by atoms with Crippen molar-refractivity contribution in [2.24, 2.45) is 0 Å². The Hall–Kier alpha value is -1.50. The van der Waals surface area contributed by atoms with Gasteiger partial charge in [-0.3, -0.25) is 19.3 Å². The van der Waals surface area contributed by atoms with Crippen LogP contribution in [-0.2, 0) is 23.5 Å². The SMILES string of the molecule is CP(=O)([O-])OCCCCCCNC(=O)CCN1C(=O)C=CC1=O. The van der Waals surface area contributed by atoms with Crippen LogP contribution in [0.1, 0.15) is 32.1 Å². The van der Waals surface area contributed by atoms with E-state index in [4.69, 9.17) is 0 Å². The fraction of sp³-hybridized carbons (Fsp3) is 0.643. The molecule has 0 bridgehead atoms. The molecule has 0 aromatic rings. The van der Waals surface area contributed by atoms with Gasteiger partial charge >= 0.3 is 0 Å². The summed E-state index contributed by atoms with van der Waals surface area (Å²) in [6.45, 7) is 1.82. The molecule has 0 radical (unpaired) electrons. The number of nitrogens with zero attached hydrogens (tertiary/aromatic N) is 1. The molecular formula is C14H22N2O6P-. The van der Waals surface area contributed by atoms with Crippen LogP contribution in [0.2, 0.25) is 0 Å². The highest BCUT2D eigenvalue weighted by Crippen LogP contribution is 2.30. The summed E-state index contributed by atoms with van der Waals surface area (Å²) < 4.78 is 15.4. The molecule has 1 aliphatic heterocycles. The van der Waals surface area contributed by atoms with E-state index in [-0.39, 0.29) is 37.3 Å². The summed E-state index contributed by atoms with van der Waals surface area (Å²) in [6.07, 6.45) is 5.56. The van der Waals surface area contributed by atoms with Crippen molar-refractivity contribution < 1.29 is 28.4 Å². The Morgan fingerprint density at radius 3 is 2.43 bits per heavy atom. The number of unbranched alkanes of at least 4 members (excludes halogenated alkanes) is 3. The first kappa shape index (κ1) is 19.5.